The van der Waals surface area contributed by atoms with Gasteiger partial charge in [-0.3, -0.25) is 4.90 Å². The zero-order valence-corrected chi connectivity index (χ0v) is 16.7. The maximum Gasteiger partial charge on any atom is 0.165 e. The summed E-state index contributed by atoms with van der Waals surface area (Å²) in [4.78, 5) is 3.92. The molecule has 2 aromatic carbocycles. The van der Waals surface area contributed by atoms with E-state index in [9.17, 15) is 0 Å². The van der Waals surface area contributed by atoms with E-state index in [1.165, 1.54) is 20.5 Å². The molecule has 3 aromatic rings. The summed E-state index contributed by atoms with van der Waals surface area (Å²) in [5, 5.41) is 4.82. The standard InChI is InChI=1S/C22H26N2O2S/c1-25-18-9-5-8-17(22(18)26-2)21(24-13-6-11-23-12-14-24)20-15-16-7-3-4-10-19(16)27-20/h3-5,7-10,15,21,23H,6,11-14H2,1-2H3. The highest BCUT2D eigenvalue weighted by Crippen LogP contribution is 2.43. The van der Waals surface area contributed by atoms with Crippen LogP contribution < -0.4 is 14.8 Å². The van der Waals surface area contributed by atoms with Gasteiger partial charge >= 0.3 is 0 Å². The first-order valence-electron chi connectivity index (χ1n) is 9.46. The van der Waals surface area contributed by atoms with E-state index in [1.807, 2.05) is 17.4 Å². The smallest absolute Gasteiger partial charge is 0.165 e. The van der Waals surface area contributed by atoms with Crippen LogP contribution >= 0.6 is 11.3 Å². The van der Waals surface area contributed by atoms with E-state index in [0.717, 1.165) is 44.1 Å². The molecule has 4 nitrogen and oxygen atoms in total. The van der Waals surface area contributed by atoms with Crippen LogP contribution in [0.1, 0.15) is 22.9 Å². The zero-order chi connectivity index (χ0) is 18.6. The minimum Gasteiger partial charge on any atom is -0.493 e. The Morgan fingerprint density at radius 3 is 2.70 bits per heavy atom. The Labute approximate surface area is 164 Å². The van der Waals surface area contributed by atoms with Crippen molar-refractivity contribution in [1.82, 2.24) is 10.2 Å². The highest BCUT2D eigenvalue weighted by Gasteiger charge is 2.28. The summed E-state index contributed by atoms with van der Waals surface area (Å²) >= 11 is 1.87. The fourth-order valence-electron chi connectivity index (χ4n) is 3.92. The van der Waals surface area contributed by atoms with Crippen LogP contribution in [0.5, 0.6) is 11.5 Å². The van der Waals surface area contributed by atoms with Gasteiger partial charge in [0.15, 0.2) is 11.5 Å². The Kier molecular flexibility index (Phi) is 5.62. The molecule has 5 heteroatoms. The molecule has 0 radical (unpaired) electrons. The molecule has 1 N–H and O–H groups in total. The second kappa shape index (κ2) is 8.30. The van der Waals surface area contributed by atoms with Gasteiger partial charge in [-0.25, -0.2) is 0 Å². The van der Waals surface area contributed by atoms with E-state index < -0.39 is 0 Å². The molecule has 2 heterocycles. The zero-order valence-electron chi connectivity index (χ0n) is 15.9. The quantitative estimate of drug-likeness (QED) is 0.713. The molecule has 0 saturated carbocycles. The first kappa shape index (κ1) is 18.3. The van der Waals surface area contributed by atoms with Crippen molar-refractivity contribution in [2.24, 2.45) is 0 Å². The van der Waals surface area contributed by atoms with Crippen LogP contribution in [-0.2, 0) is 0 Å². The van der Waals surface area contributed by atoms with E-state index >= 15 is 0 Å². The monoisotopic (exact) mass is 382 g/mol. The van der Waals surface area contributed by atoms with Crippen LogP contribution in [0.15, 0.2) is 48.5 Å². The normalized spacial score (nSPS) is 16.8. The van der Waals surface area contributed by atoms with E-state index in [4.69, 9.17) is 9.47 Å². The highest BCUT2D eigenvalue weighted by atomic mass is 32.1. The number of methoxy groups -OCH3 is 2. The summed E-state index contributed by atoms with van der Waals surface area (Å²) in [5.41, 5.74) is 1.17. The van der Waals surface area contributed by atoms with E-state index in [1.54, 1.807) is 14.2 Å². The summed E-state index contributed by atoms with van der Waals surface area (Å²) in [7, 11) is 3.43. The van der Waals surface area contributed by atoms with Crippen molar-refractivity contribution >= 4 is 21.4 Å². The van der Waals surface area contributed by atoms with Gasteiger partial charge in [-0.15, -0.1) is 11.3 Å². The number of fused-ring (bicyclic) bond motifs is 1. The van der Waals surface area contributed by atoms with Crippen molar-refractivity contribution in [2.45, 2.75) is 12.5 Å². The number of hydrogen-bond acceptors (Lipinski definition) is 5. The topological polar surface area (TPSA) is 33.7 Å². The second-order valence-electron chi connectivity index (χ2n) is 6.81. The van der Waals surface area contributed by atoms with Crippen LogP contribution in [0, 0.1) is 0 Å². The summed E-state index contributed by atoms with van der Waals surface area (Å²) in [6, 6.07) is 17.3. The molecule has 1 aromatic heterocycles. The van der Waals surface area contributed by atoms with Crippen LogP contribution in [0.25, 0.3) is 10.1 Å². The third kappa shape index (κ3) is 3.68. The molecule has 27 heavy (non-hydrogen) atoms. The Hall–Kier alpha value is -2.08. The van der Waals surface area contributed by atoms with Gasteiger partial charge in [0.2, 0.25) is 0 Å². The predicted octanol–water partition coefficient (Wildman–Crippen LogP) is 4.30. The lowest BCUT2D eigenvalue weighted by atomic mass is 10.0. The van der Waals surface area contributed by atoms with Gasteiger partial charge in [0.1, 0.15) is 0 Å². The van der Waals surface area contributed by atoms with Crippen molar-refractivity contribution in [1.29, 1.82) is 0 Å². The van der Waals surface area contributed by atoms with Crippen LogP contribution in [-0.4, -0.2) is 45.3 Å². The molecule has 1 aliphatic heterocycles. The molecule has 142 valence electrons. The molecule has 0 aliphatic carbocycles. The van der Waals surface area contributed by atoms with Gasteiger partial charge in [0.25, 0.3) is 0 Å². The Bertz CT molecular complexity index is 867. The number of nitrogens with one attached hydrogen (secondary N) is 1. The van der Waals surface area contributed by atoms with Gasteiger partial charge in [-0.1, -0.05) is 30.3 Å². The number of thiophene rings is 1. The van der Waals surface area contributed by atoms with Crippen molar-refractivity contribution in [3.8, 4) is 11.5 Å². The lowest BCUT2D eigenvalue weighted by Gasteiger charge is -2.31. The fraction of sp³-hybridized carbons (Fsp3) is 0.364. The highest BCUT2D eigenvalue weighted by molar-refractivity contribution is 7.19. The molecule has 1 atom stereocenters. The van der Waals surface area contributed by atoms with Crippen molar-refractivity contribution in [2.75, 3.05) is 40.4 Å². The largest absolute Gasteiger partial charge is 0.493 e. The van der Waals surface area contributed by atoms with Gasteiger partial charge < -0.3 is 14.8 Å². The molecule has 1 aliphatic rings. The second-order valence-corrected chi connectivity index (χ2v) is 7.93. The van der Waals surface area contributed by atoms with Gasteiger partial charge in [-0.05, 0) is 36.6 Å². The average Bonchev–Trinajstić information content (AvgIpc) is 2.95. The molecule has 4 rings (SSSR count). The number of para-hydroxylation sites is 1. The third-order valence-corrected chi connectivity index (χ3v) is 6.35. The molecule has 0 spiro atoms. The lowest BCUT2D eigenvalue weighted by Crippen LogP contribution is -2.32. The molecule has 0 amide bonds. The predicted molar refractivity (Wildman–Crippen MR) is 112 cm³/mol. The van der Waals surface area contributed by atoms with Crippen LogP contribution in [0.2, 0.25) is 0 Å². The van der Waals surface area contributed by atoms with Crippen LogP contribution in [0.3, 0.4) is 0 Å². The minimum absolute atomic E-state index is 0.160. The number of rotatable bonds is 5. The van der Waals surface area contributed by atoms with Gasteiger partial charge in [0, 0.05) is 34.8 Å². The van der Waals surface area contributed by atoms with Crippen molar-refractivity contribution in [3.63, 3.8) is 0 Å². The van der Waals surface area contributed by atoms with Crippen molar-refractivity contribution in [3.05, 3.63) is 59.0 Å². The summed E-state index contributed by atoms with van der Waals surface area (Å²) in [5.74, 6) is 1.62. The lowest BCUT2D eigenvalue weighted by molar-refractivity contribution is 0.237. The Morgan fingerprint density at radius 2 is 1.89 bits per heavy atom. The molecular formula is C22H26N2O2S. The first-order chi connectivity index (χ1) is 13.3. The number of benzene rings is 2. The van der Waals surface area contributed by atoms with Gasteiger partial charge in [0.05, 0.1) is 20.3 Å². The Morgan fingerprint density at radius 1 is 1.00 bits per heavy atom. The molecule has 1 saturated heterocycles. The molecular weight excluding hydrogens is 356 g/mol. The molecule has 1 unspecified atom stereocenters. The third-order valence-electron chi connectivity index (χ3n) is 5.18. The van der Waals surface area contributed by atoms with Gasteiger partial charge in [-0.2, -0.15) is 0 Å². The van der Waals surface area contributed by atoms with E-state index in [2.05, 4.69) is 52.7 Å². The first-order valence-corrected chi connectivity index (χ1v) is 10.3. The SMILES string of the molecule is COc1cccc(C(c2cc3ccccc3s2)N2CCCNCC2)c1OC. The number of hydrogen-bond donors (Lipinski definition) is 1. The minimum atomic E-state index is 0.160. The fourth-order valence-corrected chi connectivity index (χ4v) is 5.14. The van der Waals surface area contributed by atoms with E-state index in [-0.39, 0.29) is 6.04 Å². The van der Waals surface area contributed by atoms with Crippen LogP contribution in [0.4, 0.5) is 0 Å². The summed E-state index contributed by atoms with van der Waals surface area (Å²) in [6.07, 6.45) is 1.15. The van der Waals surface area contributed by atoms with E-state index in [0.29, 0.717) is 0 Å². The van der Waals surface area contributed by atoms with Crippen molar-refractivity contribution < 1.29 is 9.47 Å². The summed E-state index contributed by atoms with van der Waals surface area (Å²) < 4.78 is 12.7. The Balaban J connectivity index is 1.85. The maximum absolute atomic E-state index is 5.80. The number of nitrogens with zero attached hydrogens (tertiary/aromatic N) is 1. The summed E-state index contributed by atoms with van der Waals surface area (Å²) in [6.45, 7) is 4.16. The maximum atomic E-state index is 5.80. The average molecular weight is 383 g/mol. The molecule has 1 fully saturated rings. The number of ether oxygens (including phenoxy) is 2. The molecule has 0 bridgehead atoms.